The smallest absolute Gasteiger partial charge is 0.222 e. The lowest BCUT2D eigenvalue weighted by Crippen LogP contribution is -1.97. The molecule has 0 atom stereocenters. The van der Waals surface area contributed by atoms with Gasteiger partial charge in [0, 0.05) is 24.9 Å². The first-order valence-corrected chi connectivity index (χ1v) is 6.11. The number of nitrogens with two attached hydrogens (primary N) is 1. The molecule has 0 fully saturated rings. The van der Waals surface area contributed by atoms with Gasteiger partial charge in [0.2, 0.25) is 5.88 Å². The lowest BCUT2D eigenvalue weighted by Gasteiger charge is -2.08. The van der Waals surface area contributed by atoms with Gasteiger partial charge in [0.25, 0.3) is 0 Å². The van der Waals surface area contributed by atoms with Crippen LogP contribution >= 0.6 is 11.6 Å². The molecule has 0 saturated carbocycles. The van der Waals surface area contributed by atoms with Crippen molar-refractivity contribution in [3.63, 3.8) is 0 Å². The average Bonchev–Trinajstić information content (AvgIpc) is 2.88. The highest BCUT2D eigenvalue weighted by atomic mass is 35.5. The van der Waals surface area contributed by atoms with Crippen LogP contribution in [0.2, 0.25) is 5.02 Å². The fourth-order valence-corrected chi connectivity index (χ4v) is 1.96. The van der Waals surface area contributed by atoms with Gasteiger partial charge in [-0.15, -0.1) is 0 Å². The van der Waals surface area contributed by atoms with Crippen molar-refractivity contribution >= 4 is 17.2 Å². The zero-order valence-electron chi connectivity index (χ0n) is 9.95. The lowest BCUT2D eigenvalue weighted by molar-refractivity contribution is 0.463. The van der Waals surface area contributed by atoms with E-state index in [0.717, 1.165) is 5.56 Å². The third-order valence-electron chi connectivity index (χ3n) is 2.68. The summed E-state index contributed by atoms with van der Waals surface area (Å²) in [6.45, 7) is 0.444. The molecule has 5 nitrogen and oxygen atoms in total. The summed E-state index contributed by atoms with van der Waals surface area (Å²) in [6.07, 6.45) is 3.45. The Kier molecular flexibility index (Phi) is 3.06. The van der Waals surface area contributed by atoms with Gasteiger partial charge in [-0.1, -0.05) is 17.7 Å². The third-order valence-corrected chi connectivity index (χ3v) is 2.97. The second-order valence-corrected chi connectivity index (χ2v) is 4.38. The van der Waals surface area contributed by atoms with E-state index in [0.29, 0.717) is 28.8 Å². The molecular weight excluding hydrogens is 264 g/mol. The molecule has 19 heavy (non-hydrogen) atoms. The standard InChI is InChI=1S/C13H11ClN4O/c14-10-7-9(8-15)1-2-11(10)19-13-4-6-18-12(17-13)3-5-16-18/h1-7H,8,15H2. The van der Waals surface area contributed by atoms with E-state index in [-0.39, 0.29) is 0 Å². The first-order valence-electron chi connectivity index (χ1n) is 5.73. The van der Waals surface area contributed by atoms with Crippen molar-refractivity contribution < 1.29 is 4.74 Å². The van der Waals surface area contributed by atoms with Crippen molar-refractivity contribution in [3.8, 4) is 11.6 Å². The molecule has 3 aromatic rings. The van der Waals surface area contributed by atoms with Gasteiger partial charge in [-0.3, -0.25) is 0 Å². The van der Waals surface area contributed by atoms with Crippen LogP contribution in [0.25, 0.3) is 5.65 Å². The van der Waals surface area contributed by atoms with Crippen molar-refractivity contribution in [2.75, 3.05) is 0 Å². The number of aromatic nitrogens is 3. The largest absolute Gasteiger partial charge is 0.437 e. The zero-order chi connectivity index (χ0) is 13.2. The van der Waals surface area contributed by atoms with Gasteiger partial charge in [0.15, 0.2) is 5.65 Å². The van der Waals surface area contributed by atoms with Crippen LogP contribution < -0.4 is 10.5 Å². The molecule has 2 N–H and O–H groups in total. The minimum atomic E-state index is 0.444. The summed E-state index contributed by atoms with van der Waals surface area (Å²) in [4.78, 5) is 4.31. The topological polar surface area (TPSA) is 65.4 Å². The van der Waals surface area contributed by atoms with Crippen LogP contribution in [0.1, 0.15) is 5.56 Å². The maximum atomic E-state index is 6.13. The van der Waals surface area contributed by atoms with Crippen LogP contribution in [0.5, 0.6) is 11.6 Å². The van der Waals surface area contributed by atoms with Crippen LogP contribution in [-0.2, 0) is 6.54 Å². The molecule has 0 aliphatic heterocycles. The Morgan fingerprint density at radius 1 is 1.26 bits per heavy atom. The van der Waals surface area contributed by atoms with Crippen molar-refractivity contribution in [2.45, 2.75) is 6.54 Å². The van der Waals surface area contributed by atoms with Gasteiger partial charge in [-0.2, -0.15) is 10.1 Å². The van der Waals surface area contributed by atoms with Crippen molar-refractivity contribution in [3.05, 3.63) is 53.3 Å². The predicted molar refractivity (Wildman–Crippen MR) is 72.4 cm³/mol. The Hall–Kier alpha value is -2.11. The van der Waals surface area contributed by atoms with Crippen LogP contribution in [-0.4, -0.2) is 14.6 Å². The van der Waals surface area contributed by atoms with Crippen LogP contribution in [0.15, 0.2) is 42.7 Å². The second kappa shape index (κ2) is 4.87. The molecule has 0 unspecified atom stereocenters. The van der Waals surface area contributed by atoms with E-state index >= 15 is 0 Å². The summed E-state index contributed by atoms with van der Waals surface area (Å²) in [6, 6.07) is 8.97. The fraction of sp³-hybridized carbons (Fsp3) is 0.0769. The Bertz CT molecular complexity index is 725. The molecule has 0 aliphatic rings. The Morgan fingerprint density at radius 2 is 2.16 bits per heavy atom. The van der Waals surface area contributed by atoms with E-state index < -0.39 is 0 Å². The summed E-state index contributed by atoms with van der Waals surface area (Å²) in [7, 11) is 0. The fourth-order valence-electron chi connectivity index (χ4n) is 1.72. The highest BCUT2D eigenvalue weighted by Crippen LogP contribution is 2.29. The van der Waals surface area contributed by atoms with Gasteiger partial charge < -0.3 is 10.5 Å². The summed E-state index contributed by atoms with van der Waals surface area (Å²) in [5, 5.41) is 4.58. The summed E-state index contributed by atoms with van der Waals surface area (Å²) in [5.74, 6) is 1.02. The van der Waals surface area contributed by atoms with Gasteiger partial charge in [0.05, 0.1) is 11.2 Å². The lowest BCUT2D eigenvalue weighted by atomic mass is 10.2. The quantitative estimate of drug-likeness (QED) is 0.797. The number of benzene rings is 1. The SMILES string of the molecule is NCc1ccc(Oc2ccn3nccc3n2)c(Cl)c1. The molecule has 0 saturated heterocycles. The molecule has 0 spiro atoms. The molecule has 96 valence electrons. The number of hydrogen-bond donors (Lipinski definition) is 1. The molecule has 6 heteroatoms. The first kappa shape index (κ1) is 12.0. The van der Waals surface area contributed by atoms with Crippen molar-refractivity contribution in [1.29, 1.82) is 0 Å². The van der Waals surface area contributed by atoms with Gasteiger partial charge in [-0.25, -0.2) is 4.52 Å². The first-order chi connectivity index (χ1) is 9.26. The highest BCUT2D eigenvalue weighted by Gasteiger charge is 2.06. The van der Waals surface area contributed by atoms with Gasteiger partial charge >= 0.3 is 0 Å². The van der Waals surface area contributed by atoms with E-state index in [1.54, 1.807) is 41.2 Å². The van der Waals surface area contributed by atoms with E-state index in [2.05, 4.69) is 10.1 Å². The normalized spacial score (nSPS) is 10.8. The van der Waals surface area contributed by atoms with Crippen LogP contribution in [0.4, 0.5) is 0 Å². The number of nitrogens with zero attached hydrogens (tertiary/aromatic N) is 3. The third kappa shape index (κ3) is 2.38. The molecule has 0 radical (unpaired) electrons. The van der Waals surface area contributed by atoms with Gasteiger partial charge in [0.1, 0.15) is 5.75 Å². The summed E-state index contributed by atoms with van der Waals surface area (Å²) < 4.78 is 7.32. The van der Waals surface area contributed by atoms with Gasteiger partial charge in [-0.05, 0) is 17.7 Å². The summed E-state index contributed by atoms with van der Waals surface area (Å²) in [5.41, 5.74) is 7.22. The minimum Gasteiger partial charge on any atom is -0.437 e. The van der Waals surface area contributed by atoms with Crippen molar-refractivity contribution in [2.24, 2.45) is 5.73 Å². The maximum Gasteiger partial charge on any atom is 0.222 e. The molecule has 0 aliphatic carbocycles. The summed E-state index contributed by atoms with van der Waals surface area (Å²) >= 11 is 6.13. The minimum absolute atomic E-state index is 0.444. The van der Waals surface area contributed by atoms with E-state index in [1.165, 1.54) is 0 Å². The molecule has 3 rings (SSSR count). The van der Waals surface area contributed by atoms with E-state index in [9.17, 15) is 0 Å². The molecule has 1 aromatic carbocycles. The molecule has 0 bridgehead atoms. The van der Waals surface area contributed by atoms with Crippen LogP contribution in [0, 0.1) is 0 Å². The number of ether oxygens (including phenoxy) is 1. The Balaban J connectivity index is 1.91. The van der Waals surface area contributed by atoms with E-state index in [1.807, 2.05) is 6.07 Å². The number of rotatable bonds is 3. The molecular formula is C13H11ClN4O. The molecule has 0 amide bonds. The molecule has 2 aromatic heterocycles. The Labute approximate surface area is 114 Å². The maximum absolute atomic E-state index is 6.13. The predicted octanol–water partition coefficient (Wildman–Crippen LogP) is 2.63. The zero-order valence-corrected chi connectivity index (χ0v) is 10.7. The molecule has 2 heterocycles. The number of halogens is 1. The van der Waals surface area contributed by atoms with Crippen molar-refractivity contribution in [1.82, 2.24) is 14.6 Å². The average molecular weight is 275 g/mol. The number of fused-ring (bicyclic) bond motifs is 1. The van der Waals surface area contributed by atoms with E-state index in [4.69, 9.17) is 22.1 Å². The second-order valence-electron chi connectivity index (χ2n) is 3.97. The Morgan fingerprint density at radius 3 is 2.95 bits per heavy atom. The monoisotopic (exact) mass is 274 g/mol. The number of hydrogen-bond acceptors (Lipinski definition) is 4. The van der Waals surface area contributed by atoms with Crippen LogP contribution in [0.3, 0.4) is 0 Å². The highest BCUT2D eigenvalue weighted by molar-refractivity contribution is 6.32.